The second-order valence-corrected chi connectivity index (χ2v) is 6.52. The SMILES string of the molecule is O=C1C2CCCCC2C(=O)N1Cc1cc(C#CCO)cs1. The summed E-state index contributed by atoms with van der Waals surface area (Å²) in [4.78, 5) is 27.1. The van der Waals surface area contributed by atoms with E-state index >= 15 is 0 Å². The molecule has 4 nitrogen and oxygen atoms in total. The largest absolute Gasteiger partial charge is 0.384 e. The van der Waals surface area contributed by atoms with E-state index in [0.717, 1.165) is 36.1 Å². The molecule has 3 rings (SSSR count). The molecule has 0 aromatic carbocycles. The zero-order chi connectivity index (χ0) is 14.8. The molecule has 1 N–H and O–H groups in total. The number of nitrogens with zero attached hydrogens (tertiary/aromatic N) is 1. The van der Waals surface area contributed by atoms with Gasteiger partial charge < -0.3 is 5.11 Å². The van der Waals surface area contributed by atoms with Crippen LogP contribution in [-0.2, 0) is 16.1 Å². The number of thiophene rings is 1. The van der Waals surface area contributed by atoms with E-state index in [0.29, 0.717) is 6.54 Å². The van der Waals surface area contributed by atoms with Crippen LogP contribution < -0.4 is 0 Å². The zero-order valence-electron chi connectivity index (χ0n) is 11.7. The molecule has 1 aliphatic carbocycles. The predicted octanol–water partition coefficient (Wildman–Crippen LogP) is 1.77. The molecular formula is C16H17NO3S. The molecule has 1 aliphatic heterocycles. The van der Waals surface area contributed by atoms with Gasteiger partial charge in [-0.05, 0) is 18.9 Å². The first-order valence-electron chi connectivity index (χ1n) is 7.23. The van der Waals surface area contributed by atoms with Crippen LogP contribution in [0.5, 0.6) is 0 Å². The van der Waals surface area contributed by atoms with Gasteiger partial charge in [0.2, 0.25) is 11.8 Å². The van der Waals surface area contributed by atoms with Crippen LogP contribution >= 0.6 is 11.3 Å². The number of aliphatic hydroxyl groups excluding tert-OH is 1. The van der Waals surface area contributed by atoms with E-state index in [-0.39, 0.29) is 30.3 Å². The molecule has 2 amide bonds. The van der Waals surface area contributed by atoms with Gasteiger partial charge in [-0.15, -0.1) is 11.3 Å². The molecule has 2 fully saturated rings. The first-order valence-corrected chi connectivity index (χ1v) is 8.11. The molecule has 21 heavy (non-hydrogen) atoms. The molecule has 0 radical (unpaired) electrons. The van der Waals surface area contributed by atoms with Crippen molar-refractivity contribution in [2.45, 2.75) is 32.2 Å². The van der Waals surface area contributed by atoms with Gasteiger partial charge in [-0.25, -0.2) is 0 Å². The van der Waals surface area contributed by atoms with E-state index in [2.05, 4.69) is 11.8 Å². The molecule has 110 valence electrons. The predicted molar refractivity (Wildman–Crippen MR) is 79.3 cm³/mol. The molecule has 5 heteroatoms. The Morgan fingerprint density at radius 2 is 1.90 bits per heavy atom. The number of rotatable bonds is 2. The lowest BCUT2D eigenvalue weighted by Gasteiger charge is -2.19. The lowest BCUT2D eigenvalue weighted by atomic mass is 9.81. The molecule has 0 bridgehead atoms. The van der Waals surface area contributed by atoms with E-state index < -0.39 is 0 Å². The van der Waals surface area contributed by atoms with Crippen LogP contribution in [0.3, 0.4) is 0 Å². The Bertz CT molecular complexity index is 601. The van der Waals surface area contributed by atoms with Gasteiger partial charge in [-0.3, -0.25) is 14.5 Å². The van der Waals surface area contributed by atoms with Gasteiger partial charge in [-0.1, -0.05) is 24.7 Å². The summed E-state index contributed by atoms with van der Waals surface area (Å²) in [6.45, 7) is 0.188. The topological polar surface area (TPSA) is 57.6 Å². The summed E-state index contributed by atoms with van der Waals surface area (Å²) in [6, 6.07) is 1.88. The summed E-state index contributed by atoms with van der Waals surface area (Å²) < 4.78 is 0. The Kier molecular flexibility index (Phi) is 4.09. The van der Waals surface area contributed by atoms with Crippen LogP contribution in [0.1, 0.15) is 36.1 Å². The third-order valence-corrected chi connectivity index (χ3v) is 5.13. The number of fused-ring (bicyclic) bond motifs is 1. The van der Waals surface area contributed by atoms with Gasteiger partial charge in [0.15, 0.2) is 0 Å². The van der Waals surface area contributed by atoms with Crippen LogP contribution in [0.2, 0.25) is 0 Å². The first-order chi connectivity index (χ1) is 10.2. The number of carbonyl (C=O) groups excluding carboxylic acids is 2. The van der Waals surface area contributed by atoms with Crippen molar-refractivity contribution < 1.29 is 14.7 Å². The van der Waals surface area contributed by atoms with Crippen LogP contribution in [0.4, 0.5) is 0 Å². The normalized spacial score (nSPS) is 24.7. The molecule has 2 heterocycles. The Hall–Kier alpha value is -1.64. The number of hydrogen-bond acceptors (Lipinski definition) is 4. The smallest absolute Gasteiger partial charge is 0.233 e. The third kappa shape index (κ3) is 2.74. The fraction of sp³-hybridized carbons (Fsp3) is 0.500. The fourth-order valence-electron chi connectivity index (χ4n) is 3.21. The van der Waals surface area contributed by atoms with Crippen molar-refractivity contribution in [2.75, 3.05) is 6.61 Å². The van der Waals surface area contributed by atoms with E-state index in [1.807, 2.05) is 11.4 Å². The molecule has 1 saturated carbocycles. The highest BCUT2D eigenvalue weighted by molar-refractivity contribution is 7.10. The second-order valence-electron chi connectivity index (χ2n) is 5.52. The minimum absolute atomic E-state index is 0.00101. The lowest BCUT2D eigenvalue weighted by Crippen LogP contribution is -2.30. The number of imide groups is 1. The zero-order valence-corrected chi connectivity index (χ0v) is 12.5. The molecule has 2 atom stereocenters. The molecule has 1 aromatic rings. The van der Waals surface area contributed by atoms with Crippen molar-refractivity contribution in [1.82, 2.24) is 4.90 Å². The molecule has 1 saturated heterocycles. The Labute approximate surface area is 127 Å². The van der Waals surface area contributed by atoms with Crippen molar-refractivity contribution in [1.29, 1.82) is 0 Å². The highest BCUT2D eigenvalue weighted by Gasteiger charge is 2.47. The van der Waals surface area contributed by atoms with Crippen LogP contribution in [0.15, 0.2) is 11.4 Å². The van der Waals surface area contributed by atoms with Gasteiger partial charge in [0.25, 0.3) is 0 Å². The van der Waals surface area contributed by atoms with Gasteiger partial charge >= 0.3 is 0 Å². The van der Waals surface area contributed by atoms with E-state index in [9.17, 15) is 9.59 Å². The molecular weight excluding hydrogens is 286 g/mol. The van der Waals surface area contributed by atoms with Crippen LogP contribution in [0.25, 0.3) is 0 Å². The summed E-state index contributed by atoms with van der Waals surface area (Å²) in [6.07, 6.45) is 3.80. The highest BCUT2D eigenvalue weighted by atomic mass is 32.1. The third-order valence-electron chi connectivity index (χ3n) is 4.21. The van der Waals surface area contributed by atoms with Crippen LogP contribution in [0, 0.1) is 23.7 Å². The number of hydrogen-bond donors (Lipinski definition) is 1. The van der Waals surface area contributed by atoms with E-state index in [4.69, 9.17) is 5.11 Å². The minimum Gasteiger partial charge on any atom is -0.384 e. The monoisotopic (exact) mass is 303 g/mol. The summed E-state index contributed by atoms with van der Waals surface area (Å²) in [5.74, 6) is 5.26. The maximum atomic E-state index is 12.4. The summed E-state index contributed by atoms with van der Waals surface area (Å²) >= 11 is 1.49. The quantitative estimate of drug-likeness (QED) is 0.669. The molecule has 2 unspecified atom stereocenters. The Balaban J connectivity index is 1.74. The second kappa shape index (κ2) is 6.00. The lowest BCUT2D eigenvalue weighted by molar-refractivity contribution is -0.140. The van der Waals surface area contributed by atoms with Crippen molar-refractivity contribution in [3.63, 3.8) is 0 Å². The van der Waals surface area contributed by atoms with E-state index in [1.54, 1.807) is 0 Å². The standard InChI is InChI=1S/C16H17NO3S/c18-7-3-4-11-8-12(21-10-11)9-17-15(19)13-5-1-2-6-14(13)16(17)20/h8,10,13-14,18H,1-2,5-7,9H2. The average Bonchev–Trinajstić information content (AvgIpc) is 3.05. The summed E-state index contributed by atoms with van der Waals surface area (Å²) in [5, 5.41) is 10.6. The summed E-state index contributed by atoms with van der Waals surface area (Å²) in [7, 11) is 0. The average molecular weight is 303 g/mol. The number of carbonyl (C=O) groups is 2. The molecule has 2 aliphatic rings. The summed E-state index contributed by atoms with van der Waals surface area (Å²) in [5.41, 5.74) is 0.820. The van der Waals surface area contributed by atoms with Gasteiger partial charge in [-0.2, -0.15) is 0 Å². The van der Waals surface area contributed by atoms with Gasteiger partial charge in [0.05, 0.1) is 18.4 Å². The van der Waals surface area contributed by atoms with Crippen molar-refractivity contribution in [2.24, 2.45) is 11.8 Å². The maximum absolute atomic E-state index is 12.4. The van der Waals surface area contributed by atoms with Gasteiger partial charge in [0.1, 0.15) is 6.61 Å². The number of aliphatic hydroxyl groups is 1. The fourth-order valence-corrected chi connectivity index (χ4v) is 4.02. The highest BCUT2D eigenvalue weighted by Crippen LogP contribution is 2.38. The van der Waals surface area contributed by atoms with Crippen LogP contribution in [-0.4, -0.2) is 28.4 Å². The Morgan fingerprint density at radius 3 is 2.52 bits per heavy atom. The van der Waals surface area contributed by atoms with Gasteiger partial charge in [0, 0.05) is 15.8 Å². The van der Waals surface area contributed by atoms with E-state index in [1.165, 1.54) is 16.2 Å². The Morgan fingerprint density at radius 1 is 1.24 bits per heavy atom. The van der Waals surface area contributed by atoms with Crippen molar-refractivity contribution in [3.05, 3.63) is 21.9 Å². The number of likely N-dealkylation sites (tertiary alicyclic amines) is 1. The molecule has 1 aromatic heterocycles. The minimum atomic E-state index is -0.169. The maximum Gasteiger partial charge on any atom is 0.233 e. The first kappa shape index (κ1) is 14.3. The van der Waals surface area contributed by atoms with Crippen molar-refractivity contribution >= 4 is 23.2 Å². The van der Waals surface area contributed by atoms with Crippen molar-refractivity contribution in [3.8, 4) is 11.8 Å². The number of amides is 2. The molecule has 0 spiro atoms.